The minimum absolute atomic E-state index is 0.195. The second-order valence-corrected chi connectivity index (χ2v) is 7.46. The molecular formula is C20H21ClN4O2. The molecule has 1 saturated carbocycles. The third kappa shape index (κ3) is 3.05. The predicted molar refractivity (Wildman–Crippen MR) is 102 cm³/mol. The van der Waals surface area contributed by atoms with Crippen molar-refractivity contribution in [2.45, 2.75) is 51.0 Å². The van der Waals surface area contributed by atoms with Crippen LogP contribution in [0.25, 0.3) is 4.85 Å². The van der Waals surface area contributed by atoms with E-state index in [0.717, 1.165) is 12.8 Å². The van der Waals surface area contributed by atoms with Crippen molar-refractivity contribution < 1.29 is 9.59 Å². The van der Waals surface area contributed by atoms with Crippen molar-refractivity contribution in [3.8, 4) is 6.07 Å². The number of unbranched alkanes of at least 4 members (excludes halogenated alkanes) is 1. The Morgan fingerprint density at radius 1 is 1.30 bits per heavy atom. The topological polar surface area (TPSA) is 68.8 Å². The van der Waals surface area contributed by atoms with Crippen LogP contribution in [-0.4, -0.2) is 35.5 Å². The second kappa shape index (κ2) is 7.58. The number of carbonyl (C=O) groups is 2. The van der Waals surface area contributed by atoms with Gasteiger partial charge in [0.1, 0.15) is 11.6 Å². The molecule has 1 heterocycles. The van der Waals surface area contributed by atoms with E-state index in [4.69, 9.17) is 23.4 Å². The van der Waals surface area contributed by atoms with Gasteiger partial charge in [-0.05, 0) is 43.9 Å². The molecule has 6 nitrogen and oxygen atoms in total. The van der Waals surface area contributed by atoms with Crippen LogP contribution in [0.1, 0.15) is 49.7 Å². The molecule has 1 aromatic rings. The second-order valence-electron chi connectivity index (χ2n) is 7.09. The van der Waals surface area contributed by atoms with E-state index in [1.165, 1.54) is 4.90 Å². The molecule has 1 aromatic carbocycles. The third-order valence-electron chi connectivity index (χ3n) is 5.59. The van der Waals surface area contributed by atoms with E-state index < -0.39 is 5.54 Å². The van der Waals surface area contributed by atoms with Crippen LogP contribution in [0.5, 0.6) is 0 Å². The Morgan fingerprint density at radius 3 is 2.63 bits per heavy atom. The maximum atomic E-state index is 13.4. The van der Waals surface area contributed by atoms with Crippen LogP contribution in [-0.2, 0) is 4.79 Å². The number of carbonyl (C=O) groups excluding carboxylic acids is 2. The van der Waals surface area contributed by atoms with Crippen molar-refractivity contribution in [3.63, 3.8) is 0 Å². The number of nitriles is 1. The highest BCUT2D eigenvalue weighted by atomic mass is 35.5. The number of halogens is 1. The smallest absolute Gasteiger partial charge is 0.317 e. The van der Waals surface area contributed by atoms with Crippen LogP contribution >= 0.6 is 11.6 Å². The number of amides is 3. The van der Waals surface area contributed by atoms with Gasteiger partial charge < -0.3 is 9.74 Å². The molecule has 2 aliphatic rings. The lowest BCUT2D eigenvalue weighted by molar-refractivity contribution is -0.124. The number of benzene rings is 1. The van der Waals surface area contributed by atoms with Crippen molar-refractivity contribution in [3.05, 3.63) is 39.7 Å². The van der Waals surface area contributed by atoms with Crippen molar-refractivity contribution in [2.24, 2.45) is 0 Å². The molecule has 7 heteroatoms. The Bertz CT molecular complexity index is 862. The average molecular weight is 385 g/mol. The van der Waals surface area contributed by atoms with Gasteiger partial charge in [-0.15, -0.1) is 0 Å². The summed E-state index contributed by atoms with van der Waals surface area (Å²) in [5, 5.41) is 9.41. The predicted octanol–water partition coefficient (Wildman–Crippen LogP) is 4.30. The van der Waals surface area contributed by atoms with Gasteiger partial charge in [-0.25, -0.2) is 16.3 Å². The minimum Gasteiger partial charge on any atom is -0.317 e. The van der Waals surface area contributed by atoms with E-state index in [2.05, 4.69) is 4.85 Å². The van der Waals surface area contributed by atoms with Crippen molar-refractivity contribution in [1.82, 2.24) is 4.90 Å². The first-order valence-corrected chi connectivity index (χ1v) is 9.54. The quantitative estimate of drug-likeness (QED) is 0.431. The van der Waals surface area contributed by atoms with Gasteiger partial charge in [0.25, 0.3) is 5.91 Å². The average Bonchev–Trinajstić information content (AvgIpc) is 3.22. The molecule has 1 aliphatic carbocycles. The van der Waals surface area contributed by atoms with Crippen LogP contribution in [0, 0.1) is 24.8 Å². The van der Waals surface area contributed by atoms with Crippen molar-refractivity contribution in [2.75, 3.05) is 18.0 Å². The maximum Gasteiger partial charge on any atom is 0.332 e. The lowest BCUT2D eigenvalue weighted by Gasteiger charge is -2.31. The number of hydrogen-bond donors (Lipinski definition) is 0. The molecule has 3 amide bonds. The number of urea groups is 1. The molecule has 0 bridgehead atoms. The third-order valence-corrected chi connectivity index (χ3v) is 6.08. The van der Waals surface area contributed by atoms with Gasteiger partial charge in [-0.1, -0.05) is 24.4 Å². The Morgan fingerprint density at radius 2 is 2.00 bits per heavy atom. The highest BCUT2D eigenvalue weighted by Crippen LogP contribution is 2.44. The first kappa shape index (κ1) is 19.2. The molecule has 2 fully saturated rings. The van der Waals surface area contributed by atoms with Crippen LogP contribution in [0.2, 0.25) is 5.02 Å². The SMILES string of the molecule is [C-]#[N+]CCCCN1C(=O)N(c2ccc(C#N)c(Cl)c2C)C(=O)C12CCCC2. The van der Waals surface area contributed by atoms with E-state index in [0.29, 0.717) is 55.6 Å². The van der Waals surface area contributed by atoms with Gasteiger partial charge in [0.05, 0.1) is 16.3 Å². The fourth-order valence-corrected chi connectivity index (χ4v) is 4.35. The molecular weight excluding hydrogens is 364 g/mol. The highest BCUT2D eigenvalue weighted by Gasteiger charge is 2.58. The zero-order valence-electron chi connectivity index (χ0n) is 15.3. The van der Waals surface area contributed by atoms with Gasteiger partial charge in [-0.3, -0.25) is 4.79 Å². The normalized spacial score (nSPS) is 18.2. The Kier molecular flexibility index (Phi) is 5.39. The van der Waals surface area contributed by atoms with Crippen LogP contribution in [0.15, 0.2) is 12.1 Å². The number of anilines is 1. The van der Waals surface area contributed by atoms with Gasteiger partial charge in [-0.2, -0.15) is 5.26 Å². The standard InChI is InChI=1S/C20H21ClN4O2/c1-14-16(8-7-15(13-22)17(14)21)25-18(26)20(9-3-4-10-20)24(19(25)27)12-6-5-11-23-2/h7-8H,3-6,9-12H2,1H3. The molecule has 0 unspecified atom stereocenters. The number of imide groups is 1. The zero-order valence-corrected chi connectivity index (χ0v) is 16.1. The molecule has 1 saturated heterocycles. The summed E-state index contributed by atoms with van der Waals surface area (Å²) >= 11 is 6.26. The summed E-state index contributed by atoms with van der Waals surface area (Å²) in [5.74, 6) is -0.195. The van der Waals surface area contributed by atoms with E-state index >= 15 is 0 Å². The molecule has 1 spiro atoms. The van der Waals surface area contributed by atoms with Crippen LogP contribution in [0.3, 0.4) is 0 Å². The fourth-order valence-electron chi connectivity index (χ4n) is 4.14. The molecule has 27 heavy (non-hydrogen) atoms. The van der Waals surface area contributed by atoms with Gasteiger partial charge in [0.15, 0.2) is 0 Å². The summed E-state index contributed by atoms with van der Waals surface area (Å²) in [5.41, 5.74) is 0.551. The van der Waals surface area contributed by atoms with Gasteiger partial charge >= 0.3 is 6.03 Å². The summed E-state index contributed by atoms with van der Waals surface area (Å²) < 4.78 is 0. The van der Waals surface area contributed by atoms with E-state index in [1.54, 1.807) is 24.0 Å². The summed E-state index contributed by atoms with van der Waals surface area (Å²) in [6.07, 6.45) is 4.57. The molecule has 0 atom stereocenters. The molecule has 140 valence electrons. The summed E-state index contributed by atoms with van der Waals surface area (Å²) in [6.45, 7) is 9.51. The first-order chi connectivity index (χ1) is 13.0. The number of hydrogen-bond acceptors (Lipinski definition) is 3. The lowest BCUT2D eigenvalue weighted by atomic mass is 9.95. The Labute approximate surface area is 164 Å². The number of rotatable bonds is 5. The van der Waals surface area contributed by atoms with Gasteiger partial charge in [0, 0.05) is 13.0 Å². The first-order valence-electron chi connectivity index (χ1n) is 9.16. The molecule has 0 N–H and O–H groups in total. The summed E-state index contributed by atoms with van der Waals surface area (Å²) in [4.78, 5) is 32.9. The maximum absolute atomic E-state index is 13.4. The lowest BCUT2D eigenvalue weighted by Crippen LogP contribution is -2.47. The van der Waals surface area contributed by atoms with Crippen LogP contribution in [0.4, 0.5) is 10.5 Å². The van der Waals surface area contributed by atoms with E-state index in [-0.39, 0.29) is 17.0 Å². The molecule has 3 rings (SSSR count). The zero-order chi connectivity index (χ0) is 19.6. The number of nitrogens with zero attached hydrogens (tertiary/aromatic N) is 4. The molecule has 0 radical (unpaired) electrons. The van der Waals surface area contributed by atoms with Crippen molar-refractivity contribution >= 4 is 29.2 Å². The fraction of sp³-hybridized carbons (Fsp3) is 0.500. The summed E-state index contributed by atoms with van der Waals surface area (Å²) in [6, 6.07) is 4.87. The monoisotopic (exact) mass is 384 g/mol. The molecule has 0 aromatic heterocycles. The highest BCUT2D eigenvalue weighted by molar-refractivity contribution is 6.33. The summed E-state index contributed by atoms with van der Waals surface area (Å²) in [7, 11) is 0. The van der Waals surface area contributed by atoms with Crippen molar-refractivity contribution in [1.29, 1.82) is 5.26 Å². The van der Waals surface area contributed by atoms with E-state index in [1.807, 2.05) is 6.07 Å². The largest absolute Gasteiger partial charge is 0.332 e. The molecule has 1 aliphatic heterocycles. The minimum atomic E-state index is -0.776. The Balaban J connectivity index is 1.97. The van der Waals surface area contributed by atoms with Crippen LogP contribution < -0.4 is 4.90 Å². The Hall–Kier alpha value is -2.57. The van der Waals surface area contributed by atoms with E-state index in [9.17, 15) is 9.59 Å². The van der Waals surface area contributed by atoms with Gasteiger partial charge in [0.2, 0.25) is 6.54 Å².